The molecule has 0 radical (unpaired) electrons. The van der Waals surface area contributed by atoms with Gasteiger partial charge in [0.2, 0.25) is 0 Å². The Morgan fingerprint density at radius 1 is 1.31 bits per heavy atom. The van der Waals surface area contributed by atoms with Gasteiger partial charge in [-0.25, -0.2) is 4.98 Å². The number of fused-ring (bicyclic) bond motifs is 1. The zero-order valence-corrected chi connectivity index (χ0v) is 18.5. The molecule has 3 rings (SSSR count). The Balaban J connectivity index is 2.03. The minimum Gasteiger partial charge on any atom is -0.493 e. The maximum atomic E-state index is 13.2. The number of ether oxygens (including phenoxy) is 2. The molecule has 0 aliphatic rings. The van der Waals surface area contributed by atoms with Crippen LogP contribution in [0, 0.1) is 6.92 Å². The lowest BCUT2D eigenvalue weighted by Gasteiger charge is -2.17. The Morgan fingerprint density at radius 2 is 2.00 bits per heavy atom. The second-order valence-corrected chi connectivity index (χ2v) is 8.33. The average Bonchev–Trinajstić information content (AvgIpc) is 3.13. The molecule has 154 valence electrons. The summed E-state index contributed by atoms with van der Waals surface area (Å²) in [6.07, 6.45) is 0. The highest BCUT2D eigenvalue weighted by atomic mass is 35.5. The molecule has 0 aliphatic carbocycles. The second kappa shape index (κ2) is 8.98. The molecule has 0 spiro atoms. The predicted molar refractivity (Wildman–Crippen MR) is 118 cm³/mol. The van der Waals surface area contributed by atoms with Crippen molar-refractivity contribution in [2.75, 3.05) is 14.2 Å². The van der Waals surface area contributed by atoms with Crippen LogP contribution in [-0.4, -0.2) is 23.8 Å². The highest BCUT2D eigenvalue weighted by molar-refractivity contribution is 7.09. The molecule has 0 fully saturated rings. The van der Waals surface area contributed by atoms with E-state index in [2.05, 4.69) is 16.9 Å². The summed E-state index contributed by atoms with van der Waals surface area (Å²) in [5, 5.41) is 7.66. The van der Waals surface area contributed by atoms with Crippen LogP contribution in [0.3, 0.4) is 0 Å². The molecule has 0 bridgehead atoms. The van der Waals surface area contributed by atoms with Crippen LogP contribution in [0.25, 0.3) is 10.9 Å². The van der Waals surface area contributed by atoms with Crippen LogP contribution in [0.5, 0.6) is 11.5 Å². The van der Waals surface area contributed by atoms with Gasteiger partial charge in [0.25, 0.3) is 5.56 Å². The first kappa shape index (κ1) is 21.4. The molecule has 0 saturated heterocycles. The van der Waals surface area contributed by atoms with Gasteiger partial charge in [0, 0.05) is 40.0 Å². The first-order valence-corrected chi connectivity index (χ1v) is 10.4. The predicted octanol–water partition coefficient (Wildman–Crippen LogP) is 4.39. The number of nitrogens with one attached hydrogen (secondary N) is 1. The van der Waals surface area contributed by atoms with Crippen LogP contribution >= 0.6 is 22.9 Å². The number of halogens is 1. The number of hydrogen-bond donors (Lipinski definition) is 1. The molecule has 2 aromatic heterocycles. The van der Waals surface area contributed by atoms with Gasteiger partial charge >= 0.3 is 0 Å². The van der Waals surface area contributed by atoms with Crippen molar-refractivity contribution in [2.24, 2.45) is 0 Å². The van der Waals surface area contributed by atoms with E-state index in [-0.39, 0.29) is 18.1 Å². The quantitative estimate of drug-likeness (QED) is 0.570. The normalized spacial score (nSPS) is 12.2. The first-order chi connectivity index (χ1) is 13.8. The third-order valence-corrected chi connectivity index (χ3v) is 5.59. The van der Waals surface area contributed by atoms with Crippen molar-refractivity contribution >= 4 is 33.8 Å². The average molecular weight is 434 g/mol. The highest BCUT2D eigenvalue weighted by Gasteiger charge is 2.15. The van der Waals surface area contributed by atoms with Gasteiger partial charge in [-0.1, -0.05) is 18.2 Å². The van der Waals surface area contributed by atoms with E-state index in [4.69, 9.17) is 21.1 Å². The number of thiazole rings is 1. The summed E-state index contributed by atoms with van der Waals surface area (Å²) in [4.78, 5) is 17.7. The Morgan fingerprint density at radius 3 is 2.59 bits per heavy atom. The van der Waals surface area contributed by atoms with E-state index in [1.807, 2.05) is 31.4 Å². The lowest BCUT2D eigenvalue weighted by Crippen LogP contribution is -2.29. The molecule has 29 heavy (non-hydrogen) atoms. The minimum absolute atomic E-state index is 0.0249. The molecule has 0 unspecified atom stereocenters. The fourth-order valence-corrected chi connectivity index (χ4v) is 3.99. The van der Waals surface area contributed by atoms with Gasteiger partial charge < -0.3 is 19.4 Å². The number of hydrogen-bond acceptors (Lipinski definition) is 6. The number of allylic oxidation sites excluding steroid dienone is 1. The number of methoxy groups -OCH3 is 2. The zero-order valence-electron chi connectivity index (χ0n) is 16.9. The summed E-state index contributed by atoms with van der Waals surface area (Å²) in [6.45, 7) is 8.36. The minimum atomic E-state index is -0.124. The van der Waals surface area contributed by atoms with Crippen molar-refractivity contribution in [2.45, 2.75) is 33.0 Å². The monoisotopic (exact) mass is 433 g/mol. The van der Waals surface area contributed by atoms with E-state index in [1.165, 1.54) is 0 Å². The van der Waals surface area contributed by atoms with Crippen LogP contribution in [0.1, 0.15) is 29.2 Å². The van der Waals surface area contributed by atoms with Crippen LogP contribution in [0.4, 0.5) is 0 Å². The number of aromatic nitrogens is 2. The Hall–Kier alpha value is -2.35. The first-order valence-electron chi connectivity index (χ1n) is 9.11. The molecule has 0 amide bonds. The van der Waals surface area contributed by atoms with Gasteiger partial charge in [0.1, 0.15) is 0 Å². The summed E-state index contributed by atoms with van der Waals surface area (Å²) in [5.41, 5.74) is 2.18. The third-order valence-electron chi connectivity index (χ3n) is 4.68. The van der Waals surface area contributed by atoms with Crippen molar-refractivity contribution < 1.29 is 9.47 Å². The van der Waals surface area contributed by atoms with Crippen LogP contribution < -0.4 is 20.3 Å². The standard InChI is InChI=1S/C21H24ClN3O3S/c1-12(22)10-25-18-8-20(28-5)19(27-4)7-15(18)6-16(21(25)26)9-23-13(2)17-11-29-14(3)24-17/h6-8,11,13,23H,1,9-10H2,2-5H3/t13-/m0/s1. The molecule has 0 saturated carbocycles. The van der Waals surface area contributed by atoms with Crippen LogP contribution in [-0.2, 0) is 13.1 Å². The third kappa shape index (κ3) is 4.63. The topological polar surface area (TPSA) is 65.4 Å². The molecule has 1 atom stereocenters. The smallest absolute Gasteiger partial charge is 0.255 e. The molecule has 6 nitrogen and oxygen atoms in total. The van der Waals surface area contributed by atoms with Gasteiger partial charge in [-0.2, -0.15) is 0 Å². The van der Waals surface area contributed by atoms with Crippen molar-refractivity contribution in [1.29, 1.82) is 0 Å². The zero-order chi connectivity index (χ0) is 21.1. The van der Waals surface area contributed by atoms with Crippen LogP contribution in [0.2, 0.25) is 0 Å². The lowest BCUT2D eigenvalue weighted by molar-refractivity contribution is 0.355. The summed E-state index contributed by atoms with van der Waals surface area (Å²) in [6, 6.07) is 5.54. The van der Waals surface area contributed by atoms with Crippen molar-refractivity contribution in [3.8, 4) is 11.5 Å². The number of aryl methyl sites for hydroxylation is 1. The highest BCUT2D eigenvalue weighted by Crippen LogP contribution is 2.32. The largest absolute Gasteiger partial charge is 0.493 e. The summed E-state index contributed by atoms with van der Waals surface area (Å²) in [5.74, 6) is 1.15. The van der Waals surface area contributed by atoms with Gasteiger partial charge in [-0.05, 0) is 26.0 Å². The lowest BCUT2D eigenvalue weighted by atomic mass is 10.1. The summed E-state index contributed by atoms with van der Waals surface area (Å²) < 4.78 is 12.4. The summed E-state index contributed by atoms with van der Waals surface area (Å²) in [7, 11) is 3.15. The fraction of sp³-hybridized carbons (Fsp3) is 0.333. The fourth-order valence-electron chi connectivity index (χ4n) is 3.17. The van der Waals surface area contributed by atoms with Gasteiger partial charge in [0.05, 0.1) is 37.0 Å². The maximum Gasteiger partial charge on any atom is 0.255 e. The molecule has 2 heterocycles. The maximum absolute atomic E-state index is 13.2. The molecular weight excluding hydrogens is 410 g/mol. The van der Waals surface area contributed by atoms with Gasteiger partial charge in [-0.15, -0.1) is 11.3 Å². The van der Waals surface area contributed by atoms with E-state index < -0.39 is 0 Å². The number of rotatable bonds is 8. The van der Waals surface area contributed by atoms with Gasteiger partial charge in [0.15, 0.2) is 11.5 Å². The molecule has 1 N–H and O–H groups in total. The second-order valence-electron chi connectivity index (χ2n) is 6.74. The number of nitrogens with zero attached hydrogens (tertiary/aromatic N) is 2. The number of benzene rings is 1. The van der Waals surface area contributed by atoms with Crippen molar-refractivity contribution in [3.63, 3.8) is 0 Å². The number of pyridine rings is 1. The molecule has 0 aliphatic heterocycles. The van der Waals surface area contributed by atoms with E-state index in [0.717, 1.165) is 16.1 Å². The molecule has 1 aromatic carbocycles. The molecular formula is C21H24ClN3O3S. The molecule has 8 heteroatoms. The summed E-state index contributed by atoms with van der Waals surface area (Å²) >= 11 is 7.66. The SMILES string of the molecule is C=C(Cl)Cn1c(=O)c(CN[C@@H](C)c2csc(C)n2)cc2cc(OC)c(OC)cc21. The van der Waals surface area contributed by atoms with E-state index in [9.17, 15) is 4.79 Å². The van der Waals surface area contributed by atoms with E-state index in [0.29, 0.717) is 34.2 Å². The van der Waals surface area contributed by atoms with E-state index in [1.54, 1.807) is 36.2 Å². The van der Waals surface area contributed by atoms with Crippen molar-refractivity contribution in [3.05, 3.63) is 61.8 Å². The Labute approximate surface area is 178 Å². The van der Waals surface area contributed by atoms with E-state index >= 15 is 0 Å². The van der Waals surface area contributed by atoms with Gasteiger partial charge in [-0.3, -0.25) is 4.79 Å². The van der Waals surface area contributed by atoms with Crippen molar-refractivity contribution in [1.82, 2.24) is 14.9 Å². The Kier molecular flexibility index (Phi) is 6.62. The molecule has 3 aromatic rings. The Bertz CT molecular complexity index is 1110. The van der Waals surface area contributed by atoms with Crippen LogP contribution in [0.15, 0.2) is 40.0 Å².